The number of carbonyl (C=O) groups is 1. The zero-order chi connectivity index (χ0) is 21.1. The number of H-pyrrole nitrogens is 1. The Morgan fingerprint density at radius 2 is 1.93 bits per heavy atom. The number of aryl methyl sites for hydroxylation is 1. The van der Waals surface area contributed by atoms with Gasteiger partial charge in [-0.15, -0.1) is 0 Å². The first kappa shape index (κ1) is 19.7. The van der Waals surface area contributed by atoms with E-state index in [0.717, 1.165) is 11.3 Å². The van der Waals surface area contributed by atoms with Crippen LogP contribution in [0.2, 0.25) is 0 Å². The van der Waals surface area contributed by atoms with Gasteiger partial charge in [-0.25, -0.2) is 14.5 Å². The van der Waals surface area contributed by atoms with Gasteiger partial charge in [-0.05, 0) is 30.7 Å². The molecule has 152 valence electrons. The number of anilines is 1. The number of rotatable bonds is 6. The van der Waals surface area contributed by atoms with Crippen LogP contribution in [-0.2, 0) is 4.79 Å². The van der Waals surface area contributed by atoms with Crippen LogP contribution in [0.4, 0.5) is 5.69 Å². The molecule has 4 aromatic rings. The molecule has 4 rings (SSSR count). The van der Waals surface area contributed by atoms with Crippen LogP contribution in [0.3, 0.4) is 0 Å². The van der Waals surface area contributed by atoms with Gasteiger partial charge in [-0.1, -0.05) is 42.1 Å². The summed E-state index contributed by atoms with van der Waals surface area (Å²) in [5.41, 5.74) is 2.56. The Bertz CT molecular complexity index is 1280. The van der Waals surface area contributed by atoms with Gasteiger partial charge >= 0.3 is 0 Å². The average molecular weight is 421 g/mol. The number of amides is 1. The van der Waals surface area contributed by atoms with Crippen LogP contribution in [0.1, 0.15) is 5.56 Å². The van der Waals surface area contributed by atoms with Gasteiger partial charge in [0, 0.05) is 11.8 Å². The third-order valence-electron chi connectivity index (χ3n) is 4.42. The summed E-state index contributed by atoms with van der Waals surface area (Å²) in [5.74, 6) is 0.974. The number of aromatic amines is 1. The molecule has 2 aromatic carbocycles. The number of carbonyl (C=O) groups excluding carboxylic acids is 1. The topological polar surface area (TPSA) is 101 Å². The van der Waals surface area contributed by atoms with Gasteiger partial charge in [0.15, 0.2) is 16.6 Å². The number of nitrogens with one attached hydrogen (secondary N) is 2. The summed E-state index contributed by atoms with van der Waals surface area (Å²) in [6.45, 7) is 1.93. The summed E-state index contributed by atoms with van der Waals surface area (Å²) < 4.78 is 6.88. The number of aromatic nitrogens is 4. The van der Waals surface area contributed by atoms with Crippen molar-refractivity contribution in [2.45, 2.75) is 12.1 Å². The molecule has 0 atom stereocenters. The van der Waals surface area contributed by atoms with Crippen molar-refractivity contribution in [3.8, 4) is 17.1 Å². The third kappa shape index (κ3) is 4.06. The number of para-hydroxylation sites is 2. The lowest BCUT2D eigenvalue weighted by atomic mass is 10.2. The average Bonchev–Trinajstić information content (AvgIpc) is 3.13. The lowest BCUT2D eigenvalue weighted by Gasteiger charge is -2.10. The molecular weight excluding hydrogens is 402 g/mol. The van der Waals surface area contributed by atoms with E-state index in [-0.39, 0.29) is 17.2 Å². The van der Waals surface area contributed by atoms with Crippen LogP contribution in [-0.4, -0.2) is 38.4 Å². The second-order valence-corrected chi connectivity index (χ2v) is 7.44. The van der Waals surface area contributed by atoms with Crippen LogP contribution < -0.4 is 15.6 Å². The summed E-state index contributed by atoms with van der Waals surface area (Å²) in [5, 5.41) is 6.01. The van der Waals surface area contributed by atoms with Crippen molar-refractivity contribution < 1.29 is 9.53 Å². The summed E-state index contributed by atoms with van der Waals surface area (Å²) in [6.07, 6.45) is 0. The highest BCUT2D eigenvalue weighted by atomic mass is 32.2. The van der Waals surface area contributed by atoms with Crippen LogP contribution in [0, 0.1) is 6.92 Å². The number of hydrogen-bond donors (Lipinski definition) is 2. The smallest absolute Gasteiger partial charge is 0.266 e. The van der Waals surface area contributed by atoms with E-state index >= 15 is 0 Å². The van der Waals surface area contributed by atoms with Gasteiger partial charge in [0.25, 0.3) is 5.56 Å². The summed E-state index contributed by atoms with van der Waals surface area (Å²) in [6, 6.07) is 16.3. The van der Waals surface area contributed by atoms with E-state index in [0.29, 0.717) is 27.9 Å². The van der Waals surface area contributed by atoms with Gasteiger partial charge in [0.05, 0.1) is 18.4 Å². The molecule has 0 unspecified atom stereocenters. The quantitative estimate of drug-likeness (QED) is 0.464. The zero-order valence-corrected chi connectivity index (χ0v) is 17.2. The van der Waals surface area contributed by atoms with Crippen LogP contribution in [0.5, 0.6) is 5.75 Å². The van der Waals surface area contributed by atoms with E-state index in [1.54, 1.807) is 7.11 Å². The van der Waals surface area contributed by atoms with E-state index in [4.69, 9.17) is 4.74 Å². The van der Waals surface area contributed by atoms with Crippen molar-refractivity contribution in [3.63, 3.8) is 0 Å². The monoisotopic (exact) mass is 421 g/mol. The minimum Gasteiger partial charge on any atom is -0.496 e. The molecule has 8 nitrogen and oxygen atoms in total. The second kappa shape index (κ2) is 8.42. The van der Waals surface area contributed by atoms with Crippen molar-refractivity contribution >= 4 is 29.0 Å². The van der Waals surface area contributed by atoms with E-state index < -0.39 is 0 Å². The normalized spacial score (nSPS) is 10.9. The minimum atomic E-state index is -0.298. The highest BCUT2D eigenvalue weighted by Crippen LogP contribution is 2.28. The largest absolute Gasteiger partial charge is 0.496 e. The second-order valence-electron chi connectivity index (χ2n) is 6.50. The Balaban J connectivity index is 1.64. The number of hydrogen-bond acceptors (Lipinski definition) is 6. The van der Waals surface area contributed by atoms with E-state index in [1.165, 1.54) is 22.3 Å². The SMILES string of the molecule is COc1ccccc1-c1nc(SCC(=O)Nc2ccccc2C)n2[nH]c(=O)cc2n1. The lowest BCUT2D eigenvalue weighted by Crippen LogP contribution is -2.15. The fraction of sp³-hybridized carbons (Fsp3) is 0.143. The number of fused-ring (bicyclic) bond motifs is 1. The zero-order valence-electron chi connectivity index (χ0n) is 16.4. The minimum absolute atomic E-state index is 0.117. The predicted molar refractivity (Wildman–Crippen MR) is 116 cm³/mol. The molecule has 0 aliphatic carbocycles. The molecule has 30 heavy (non-hydrogen) atoms. The Hall–Kier alpha value is -3.59. The van der Waals surface area contributed by atoms with Crippen molar-refractivity contribution in [2.24, 2.45) is 0 Å². The predicted octanol–water partition coefficient (Wildman–Crippen LogP) is 3.13. The first-order valence-electron chi connectivity index (χ1n) is 9.16. The molecule has 2 N–H and O–H groups in total. The number of benzene rings is 2. The molecule has 0 bridgehead atoms. The molecule has 0 saturated carbocycles. The molecule has 2 heterocycles. The van der Waals surface area contributed by atoms with Gasteiger partial charge in [-0.2, -0.15) is 0 Å². The molecule has 0 aliphatic heterocycles. The van der Waals surface area contributed by atoms with Crippen LogP contribution >= 0.6 is 11.8 Å². The fourth-order valence-electron chi connectivity index (χ4n) is 2.96. The summed E-state index contributed by atoms with van der Waals surface area (Å²) in [7, 11) is 1.57. The first-order valence-corrected chi connectivity index (χ1v) is 10.1. The van der Waals surface area contributed by atoms with E-state index in [2.05, 4.69) is 20.4 Å². The summed E-state index contributed by atoms with van der Waals surface area (Å²) >= 11 is 1.21. The Labute approximate surface area is 176 Å². The van der Waals surface area contributed by atoms with Crippen LogP contribution in [0.25, 0.3) is 17.0 Å². The molecule has 2 aromatic heterocycles. The Kier molecular flexibility index (Phi) is 5.53. The lowest BCUT2D eigenvalue weighted by molar-refractivity contribution is -0.113. The maximum absolute atomic E-state index is 12.5. The number of ether oxygens (including phenoxy) is 1. The molecule has 0 aliphatic rings. The Morgan fingerprint density at radius 1 is 1.17 bits per heavy atom. The van der Waals surface area contributed by atoms with Crippen molar-refractivity contribution in [1.82, 2.24) is 19.6 Å². The third-order valence-corrected chi connectivity index (χ3v) is 5.36. The van der Waals surface area contributed by atoms with Crippen molar-refractivity contribution in [1.29, 1.82) is 0 Å². The Morgan fingerprint density at radius 3 is 2.73 bits per heavy atom. The van der Waals surface area contributed by atoms with E-state index in [1.807, 2.05) is 55.5 Å². The first-order chi connectivity index (χ1) is 14.5. The van der Waals surface area contributed by atoms with Crippen molar-refractivity contribution in [2.75, 3.05) is 18.2 Å². The van der Waals surface area contributed by atoms with Gasteiger partial charge < -0.3 is 10.1 Å². The standard InChI is InChI=1S/C21H19N5O3S/c1-13-7-3-5-9-15(13)22-19(28)12-30-21-24-20(14-8-4-6-10-16(14)29-2)23-17-11-18(27)25-26(17)21/h3-11H,12H2,1-2H3,(H,22,28)(H,25,27). The van der Waals surface area contributed by atoms with Crippen LogP contribution in [0.15, 0.2) is 64.5 Å². The highest BCUT2D eigenvalue weighted by molar-refractivity contribution is 7.99. The molecule has 0 saturated heterocycles. The van der Waals surface area contributed by atoms with Gasteiger partial charge in [0.1, 0.15) is 5.75 Å². The maximum atomic E-state index is 12.5. The molecule has 0 radical (unpaired) electrons. The molecule has 0 spiro atoms. The maximum Gasteiger partial charge on any atom is 0.266 e. The molecular formula is C21H19N5O3S. The number of nitrogens with zero attached hydrogens (tertiary/aromatic N) is 3. The van der Waals surface area contributed by atoms with Gasteiger partial charge in [0.2, 0.25) is 5.91 Å². The van der Waals surface area contributed by atoms with Crippen molar-refractivity contribution in [3.05, 3.63) is 70.5 Å². The van der Waals surface area contributed by atoms with E-state index in [9.17, 15) is 9.59 Å². The molecule has 9 heteroatoms. The molecule has 0 fully saturated rings. The number of thioether (sulfide) groups is 1. The highest BCUT2D eigenvalue weighted by Gasteiger charge is 2.15. The fourth-order valence-corrected chi connectivity index (χ4v) is 3.71. The summed E-state index contributed by atoms with van der Waals surface area (Å²) in [4.78, 5) is 33.4. The number of methoxy groups -OCH3 is 1. The van der Waals surface area contributed by atoms with Gasteiger partial charge in [-0.3, -0.25) is 14.7 Å². The molecule has 1 amide bonds.